The number of carbonyl (C=O) groups excluding carboxylic acids is 2. The normalized spacial score (nSPS) is 17.1. The molecule has 13 heteroatoms. The lowest BCUT2D eigenvalue weighted by molar-refractivity contribution is 0.0921. The maximum atomic E-state index is 15.1. The molecule has 2 aliphatic heterocycles. The molecule has 1 atom stereocenters. The molecule has 0 saturated carbocycles. The summed E-state index contributed by atoms with van der Waals surface area (Å²) in [6.07, 6.45) is 2.84. The Hall–Kier alpha value is -4.16. The van der Waals surface area contributed by atoms with Gasteiger partial charge < -0.3 is 35.5 Å². The minimum absolute atomic E-state index is 0.0142. The van der Waals surface area contributed by atoms with Gasteiger partial charge in [-0.25, -0.2) is 9.37 Å². The van der Waals surface area contributed by atoms with Crippen molar-refractivity contribution in [1.82, 2.24) is 25.9 Å². The van der Waals surface area contributed by atoms with Crippen molar-refractivity contribution in [3.8, 4) is 23.1 Å². The summed E-state index contributed by atoms with van der Waals surface area (Å²) < 4.78 is 32.1. The van der Waals surface area contributed by atoms with Gasteiger partial charge in [0, 0.05) is 12.1 Å². The minimum atomic E-state index is -0.743. The molecule has 2 amide bonds. The number of halogens is 2. The minimum Gasteiger partial charge on any atom is -0.495 e. The van der Waals surface area contributed by atoms with Crippen LogP contribution in [0.25, 0.3) is 0 Å². The Balaban J connectivity index is 1.38. The van der Waals surface area contributed by atoms with Crippen molar-refractivity contribution in [2.45, 2.75) is 31.8 Å². The van der Waals surface area contributed by atoms with Crippen LogP contribution in [0.4, 0.5) is 16.0 Å². The van der Waals surface area contributed by atoms with E-state index < -0.39 is 11.7 Å². The van der Waals surface area contributed by atoms with Crippen LogP contribution in [0.15, 0.2) is 36.5 Å². The molecule has 40 heavy (non-hydrogen) atoms. The first-order valence-corrected chi connectivity index (χ1v) is 13.1. The summed E-state index contributed by atoms with van der Waals surface area (Å²) in [5, 5.41) is 11.9. The molecule has 3 aromatic rings. The number of nitrogens with zero attached hydrogens (tertiary/aromatic N) is 2. The monoisotopic (exact) mass is 570 g/mol. The highest BCUT2D eigenvalue weighted by atomic mass is 35.5. The maximum absolute atomic E-state index is 15.1. The summed E-state index contributed by atoms with van der Waals surface area (Å²) in [4.78, 5) is 34.0. The van der Waals surface area contributed by atoms with Gasteiger partial charge in [-0.05, 0) is 51.1 Å². The van der Waals surface area contributed by atoms with E-state index in [9.17, 15) is 9.59 Å². The van der Waals surface area contributed by atoms with Crippen molar-refractivity contribution in [2.24, 2.45) is 0 Å². The van der Waals surface area contributed by atoms with Crippen LogP contribution in [-0.2, 0) is 0 Å². The number of anilines is 2. The molecule has 210 valence electrons. The summed E-state index contributed by atoms with van der Waals surface area (Å²) in [6, 6.07) is 7.18. The fourth-order valence-corrected chi connectivity index (χ4v) is 4.55. The van der Waals surface area contributed by atoms with Crippen molar-refractivity contribution < 1.29 is 28.2 Å². The van der Waals surface area contributed by atoms with E-state index >= 15 is 4.39 Å². The van der Waals surface area contributed by atoms with Crippen LogP contribution in [0.3, 0.4) is 0 Å². The maximum Gasteiger partial charge on any atom is 0.259 e. The summed E-state index contributed by atoms with van der Waals surface area (Å²) in [6.45, 7) is 3.72. The van der Waals surface area contributed by atoms with E-state index in [-0.39, 0.29) is 63.2 Å². The number of rotatable bonds is 7. The summed E-state index contributed by atoms with van der Waals surface area (Å²) >= 11 is 6.30. The molecular formula is C27H28ClFN6O5. The summed E-state index contributed by atoms with van der Waals surface area (Å²) in [5.41, 5.74) is 0.252. The smallest absolute Gasteiger partial charge is 0.259 e. The number of nitrogens with one attached hydrogen (secondary N) is 4. The average Bonchev–Trinajstić information content (AvgIpc) is 3.09. The zero-order chi connectivity index (χ0) is 28.2. The number of hydrogen-bond acceptors (Lipinski definition) is 9. The van der Waals surface area contributed by atoms with Gasteiger partial charge in [-0.1, -0.05) is 17.7 Å². The lowest BCUT2D eigenvalue weighted by Gasteiger charge is -2.24. The van der Waals surface area contributed by atoms with E-state index in [1.165, 1.54) is 19.4 Å². The molecule has 4 N–H and O–H groups in total. The number of hydrogen-bond donors (Lipinski definition) is 4. The van der Waals surface area contributed by atoms with Crippen molar-refractivity contribution in [1.29, 1.82) is 0 Å². The second-order valence-electron chi connectivity index (χ2n) is 9.42. The third-order valence-corrected chi connectivity index (χ3v) is 6.71. The number of ether oxygens (including phenoxy) is 3. The first kappa shape index (κ1) is 27.4. The molecule has 5 rings (SSSR count). The van der Waals surface area contributed by atoms with Gasteiger partial charge in [-0.3, -0.25) is 9.59 Å². The third-order valence-electron chi connectivity index (χ3n) is 6.45. The van der Waals surface area contributed by atoms with Gasteiger partial charge >= 0.3 is 0 Å². The first-order chi connectivity index (χ1) is 19.3. The molecule has 2 aliphatic rings. The number of piperidine rings is 1. The molecular weight excluding hydrogens is 543 g/mol. The molecule has 3 heterocycles. The highest BCUT2D eigenvalue weighted by molar-refractivity contribution is 6.31. The highest BCUT2D eigenvalue weighted by Gasteiger charge is 2.26. The predicted molar refractivity (Wildman–Crippen MR) is 146 cm³/mol. The summed E-state index contributed by atoms with van der Waals surface area (Å²) in [5.74, 6) is -0.895. The largest absolute Gasteiger partial charge is 0.495 e. The SMILES string of the molecule is COc1cc(C(=O)NC2CCNCC2)c(F)cc1Nc1ncc(Cl)c(Oc2cccc3c2C(=O)N[C@@H](C)CO3)n1. The molecule has 1 saturated heterocycles. The van der Waals surface area contributed by atoms with E-state index in [1.807, 2.05) is 6.92 Å². The van der Waals surface area contributed by atoms with Crippen molar-refractivity contribution in [3.63, 3.8) is 0 Å². The molecule has 0 radical (unpaired) electrons. The number of benzene rings is 2. The van der Waals surface area contributed by atoms with E-state index in [2.05, 4.69) is 31.2 Å². The van der Waals surface area contributed by atoms with Crippen molar-refractivity contribution in [3.05, 3.63) is 58.5 Å². The Morgan fingerprint density at radius 2 is 2.02 bits per heavy atom. The first-order valence-electron chi connectivity index (χ1n) is 12.8. The molecule has 11 nitrogen and oxygen atoms in total. The lowest BCUT2D eigenvalue weighted by atomic mass is 10.1. The Labute approximate surface area is 234 Å². The van der Waals surface area contributed by atoms with E-state index in [4.69, 9.17) is 25.8 Å². The molecule has 2 aromatic carbocycles. The zero-order valence-electron chi connectivity index (χ0n) is 21.8. The van der Waals surface area contributed by atoms with Gasteiger partial charge in [-0.15, -0.1) is 0 Å². The number of aromatic nitrogens is 2. The van der Waals surface area contributed by atoms with Crippen molar-refractivity contribution in [2.75, 3.05) is 32.1 Å². The van der Waals surface area contributed by atoms with E-state index in [0.29, 0.717) is 12.4 Å². The van der Waals surface area contributed by atoms with Gasteiger partial charge in [0.25, 0.3) is 11.8 Å². The third kappa shape index (κ3) is 6.02. The lowest BCUT2D eigenvalue weighted by Crippen LogP contribution is -2.42. The standard InChI is InChI=1S/C27H28ClFN6O5/c1-14-13-39-20-4-3-5-21(23(20)25(37)32-14)40-26-17(28)12-31-27(35-26)34-19-11-18(29)16(10-22(19)38-2)24(36)33-15-6-8-30-9-7-15/h3-5,10-12,14-15,30H,6-9,13H2,1-2H3,(H,32,37)(H,33,36)(H,31,34,35)/t14-/m0/s1. The number of methoxy groups -OCH3 is 1. The number of carbonyl (C=O) groups is 2. The predicted octanol–water partition coefficient (Wildman–Crippen LogP) is 3.81. The second-order valence-corrected chi connectivity index (χ2v) is 9.83. The Morgan fingerprint density at radius 1 is 1.23 bits per heavy atom. The quantitative estimate of drug-likeness (QED) is 0.334. The zero-order valence-corrected chi connectivity index (χ0v) is 22.6. The fourth-order valence-electron chi connectivity index (χ4n) is 4.42. The fraction of sp³-hybridized carbons (Fsp3) is 0.333. The average molecular weight is 571 g/mol. The molecule has 0 unspecified atom stereocenters. The molecule has 0 spiro atoms. The van der Waals surface area contributed by atoms with Crippen LogP contribution in [-0.4, -0.2) is 60.7 Å². The van der Waals surface area contributed by atoms with Crippen LogP contribution in [0.5, 0.6) is 23.1 Å². The van der Waals surface area contributed by atoms with Gasteiger partial charge in [-0.2, -0.15) is 4.98 Å². The van der Waals surface area contributed by atoms with Crippen LogP contribution in [0.1, 0.15) is 40.5 Å². The number of fused-ring (bicyclic) bond motifs is 1. The highest BCUT2D eigenvalue weighted by Crippen LogP contribution is 2.36. The Kier molecular flexibility index (Phi) is 8.17. The van der Waals surface area contributed by atoms with E-state index in [1.54, 1.807) is 18.2 Å². The molecule has 0 bridgehead atoms. The van der Waals surface area contributed by atoms with Crippen LogP contribution >= 0.6 is 11.6 Å². The van der Waals surface area contributed by atoms with Gasteiger partial charge in [0.05, 0.1) is 30.6 Å². The Morgan fingerprint density at radius 3 is 2.80 bits per heavy atom. The summed E-state index contributed by atoms with van der Waals surface area (Å²) in [7, 11) is 1.40. The topological polar surface area (TPSA) is 136 Å². The number of amides is 2. The second kappa shape index (κ2) is 11.9. The van der Waals surface area contributed by atoms with Gasteiger partial charge in [0.1, 0.15) is 40.3 Å². The van der Waals surface area contributed by atoms with Gasteiger partial charge in [0.2, 0.25) is 11.8 Å². The molecule has 1 aromatic heterocycles. The molecule has 0 aliphatic carbocycles. The van der Waals surface area contributed by atoms with Crippen molar-refractivity contribution >= 4 is 35.1 Å². The van der Waals surface area contributed by atoms with Crippen LogP contribution in [0.2, 0.25) is 5.02 Å². The molecule has 1 fully saturated rings. The van der Waals surface area contributed by atoms with Gasteiger partial charge in [0.15, 0.2) is 0 Å². The van der Waals surface area contributed by atoms with Crippen LogP contribution in [0, 0.1) is 5.82 Å². The van der Waals surface area contributed by atoms with E-state index in [0.717, 1.165) is 32.0 Å². The van der Waals surface area contributed by atoms with Crippen LogP contribution < -0.4 is 35.5 Å². The Bertz CT molecular complexity index is 1430.